The average Bonchev–Trinajstić information content (AvgIpc) is 2.88. The maximum Gasteiger partial charge on any atom is 0.159 e. The summed E-state index contributed by atoms with van der Waals surface area (Å²) in [5.41, 5.74) is 0.794. The molecule has 1 saturated carbocycles. The molecular weight excluding hydrogens is 196 g/mol. The van der Waals surface area contributed by atoms with Crippen molar-refractivity contribution in [3.63, 3.8) is 0 Å². The SMILES string of the molecule is CC1CC1CNCc1ccc(F)c(F)c1. The summed E-state index contributed by atoms with van der Waals surface area (Å²) in [7, 11) is 0. The molecule has 0 amide bonds. The largest absolute Gasteiger partial charge is 0.312 e. The van der Waals surface area contributed by atoms with Crippen LogP contribution in [-0.4, -0.2) is 6.54 Å². The molecular formula is C12H15F2N. The van der Waals surface area contributed by atoms with E-state index in [1.54, 1.807) is 6.07 Å². The second kappa shape index (κ2) is 4.27. The third-order valence-corrected chi connectivity index (χ3v) is 3.00. The lowest BCUT2D eigenvalue weighted by Crippen LogP contribution is -2.16. The van der Waals surface area contributed by atoms with Gasteiger partial charge >= 0.3 is 0 Å². The normalized spacial score (nSPS) is 24.2. The molecule has 0 aliphatic heterocycles. The fourth-order valence-corrected chi connectivity index (χ4v) is 1.73. The summed E-state index contributed by atoms with van der Waals surface area (Å²) in [6.45, 7) is 3.81. The fourth-order valence-electron chi connectivity index (χ4n) is 1.73. The second-order valence-electron chi connectivity index (χ2n) is 4.35. The average molecular weight is 211 g/mol. The number of halogens is 2. The Labute approximate surface area is 88.5 Å². The van der Waals surface area contributed by atoms with Crippen molar-refractivity contribution in [3.05, 3.63) is 35.4 Å². The minimum atomic E-state index is -0.783. The first-order valence-corrected chi connectivity index (χ1v) is 5.31. The van der Waals surface area contributed by atoms with Gasteiger partial charge in [-0.3, -0.25) is 0 Å². The minimum absolute atomic E-state index is 0.612. The zero-order valence-corrected chi connectivity index (χ0v) is 8.76. The first-order valence-electron chi connectivity index (χ1n) is 5.31. The molecule has 2 atom stereocenters. The van der Waals surface area contributed by atoms with Crippen LogP contribution in [0.2, 0.25) is 0 Å². The molecule has 15 heavy (non-hydrogen) atoms. The smallest absolute Gasteiger partial charge is 0.159 e. The topological polar surface area (TPSA) is 12.0 Å². The molecule has 0 heterocycles. The maximum absolute atomic E-state index is 12.8. The van der Waals surface area contributed by atoms with Crippen molar-refractivity contribution in [2.45, 2.75) is 19.9 Å². The molecule has 1 aromatic rings. The Hall–Kier alpha value is -0.960. The molecule has 0 bridgehead atoms. The molecule has 0 saturated heterocycles. The molecule has 1 aromatic carbocycles. The van der Waals surface area contributed by atoms with Gasteiger partial charge in [-0.15, -0.1) is 0 Å². The first kappa shape index (κ1) is 10.6. The number of nitrogens with one attached hydrogen (secondary N) is 1. The number of hydrogen-bond acceptors (Lipinski definition) is 1. The molecule has 2 rings (SSSR count). The van der Waals surface area contributed by atoms with Crippen molar-refractivity contribution in [1.29, 1.82) is 0 Å². The third-order valence-electron chi connectivity index (χ3n) is 3.00. The zero-order valence-electron chi connectivity index (χ0n) is 8.76. The molecule has 1 nitrogen and oxygen atoms in total. The van der Waals surface area contributed by atoms with E-state index in [1.807, 2.05) is 0 Å². The molecule has 0 aromatic heterocycles. The number of benzene rings is 1. The standard InChI is InChI=1S/C12H15F2N/c1-8-4-10(8)7-15-6-9-2-3-11(13)12(14)5-9/h2-3,5,8,10,15H,4,6-7H2,1H3. The van der Waals surface area contributed by atoms with E-state index in [0.717, 1.165) is 23.9 Å². The predicted molar refractivity (Wildman–Crippen MR) is 55.3 cm³/mol. The lowest BCUT2D eigenvalue weighted by Gasteiger charge is -2.04. The van der Waals surface area contributed by atoms with Crippen LogP contribution < -0.4 is 5.32 Å². The van der Waals surface area contributed by atoms with E-state index in [4.69, 9.17) is 0 Å². The zero-order chi connectivity index (χ0) is 10.8. The Morgan fingerprint density at radius 3 is 2.67 bits per heavy atom. The molecule has 3 heteroatoms. The van der Waals surface area contributed by atoms with Gasteiger partial charge in [0.2, 0.25) is 0 Å². The van der Waals surface area contributed by atoms with Crippen LogP contribution in [0.5, 0.6) is 0 Å². The van der Waals surface area contributed by atoms with Gasteiger partial charge in [0.05, 0.1) is 0 Å². The quantitative estimate of drug-likeness (QED) is 0.807. The highest BCUT2D eigenvalue weighted by molar-refractivity contribution is 5.17. The Morgan fingerprint density at radius 1 is 1.33 bits per heavy atom. The van der Waals surface area contributed by atoms with Gasteiger partial charge in [-0.05, 0) is 42.5 Å². The van der Waals surface area contributed by atoms with Crippen LogP contribution in [0, 0.1) is 23.5 Å². The lowest BCUT2D eigenvalue weighted by molar-refractivity contribution is 0.505. The molecule has 0 radical (unpaired) electrons. The molecule has 1 aliphatic carbocycles. The van der Waals surface area contributed by atoms with Gasteiger partial charge in [0, 0.05) is 6.54 Å². The summed E-state index contributed by atoms with van der Waals surface area (Å²) < 4.78 is 25.5. The monoisotopic (exact) mass is 211 g/mol. The number of rotatable bonds is 4. The first-order chi connectivity index (χ1) is 7.16. The highest BCUT2D eigenvalue weighted by atomic mass is 19.2. The Bertz CT molecular complexity index is 351. The minimum Gasteiger partial charge on any atom is -0.312 e. The molecule has 1 fully saturated rings. The van der Waals surface area contributed by atoms with E-state index in [9.17, 15) is 8.78 Å². The highest BCUT2D eigenvalue weighted by Crippen LogP contribution is 2.36. The Morgan fingerprint density at radius 2 is 2.07 bits per heavy atom. The van der Waals surface area contributed by atoms with Crippen molar-refractivity contribution in [2.75, 3.05) is 6.54 Å². The van der Waals surface area contributed by atoms with E-state index < -0.39 is 11.6 Å². The van der Waals surface area contributed by atoms with Crippen LogP contribution in [0.1, 0.15) is 18.9 Å². The molecule has 1 aliphatic rings. The van der Waals surface area contributed by atoms with Crippen LogP contribution in [0.25, 0.3) is 0 Å². The van der Waals surface area contributed by atoms with Crippen molar-refractivity contribution in [3.8, 4) is 0 Å². The summed E-state index contributed by atoms with van der Waals surface area (Å²) in [6, 6.07) is 4.03. The van der Waals surface area contributed by atoms with Crippen molar-refractivity contribution < 1.29 is 8.78 Å². The van der Waals surface area contributed by atoms with Gasteiger partial charge in [-0.2, -0.15) is 0 Å². The summed E-state index contributed by atoms with van der Waals surface area (Å²) in [4.78, 5) is 0. The predicted octanol–water partition coefficient (Wildman–Crippen LogP) is 2.71. The van der Waals surface area contributed by atoms with E-state index in [1.165, 1.54) is 18.6 Å². The van der Waals surface area contributed by atoms with Crippen LogP contribution in [-0.2, 0) is 6.54 Å². The maximum atomic E-state index is 12.8. The summed E-state index contributed by atoms with van der Waals surface area (Å²) in [5.74, 6) is 0.0430. The lowest BCUT2D eigenvalue weighted by atomic mass is 10.2. The Balaban J connectivity index is 1.80. The van der Waals surface area contributed by atoms with E-state index in [-0.39, 0.29) is 0 Å². The van der Waals surface area contributed by atoms with Gasteiger partial charge < -0.3 is 5.32 Å². The van der Waals surface area contributed by atoms with E-state index in [2.05, 4.69) is 12.2 Å². The molecule has 0 spiro atoms. The van der Waals surface area contributed by atoms with Crippen LogP contribution >= 0.6 is 0 Å². The van der Waals surface area contributed by atoms with E-state index >= 15 is 0 Å². The van der Waals surface area contributed by atoms with Crippen LogP contribution in [0.4, 0.5) is 8.78 Å². The van der Waals surface area contributed by atoms with Crippen LogP contribution in [0.3, 0.4) is 0 Å². The summed E-state index contributed by atoms with van der Waals surface area (Å²) >= 11 is 0. The van der Waals surface area contributed by atoms with Crippen molar-refractivity contribution in [2.24, 2.45) is 11.8 Å². The second-order valence-corrected chi connectivity index (χ2v) is 4.35. The van der Waals surface area contributed by atoms with Crippen molar-refractivity contribution >= 4 is 0 Å². The van der Waals surface area contributed by atoms with Gasteiger partial charge in [-0.25, -0.2) is 8.78 Å². The van der Waals surface area contributed by atoms with Gasteiger partial charge in [0.1, 0.15) is 0 Å². The number of hydrogen-bond donors (Lipinski definition) is 1. The molecule has 82 valence electrons. The van der Waals surface area contributed by atoms with Gasteiger partial charge in [-0.1, -0.05) is 13.0 Å². The molecule has 1 N–H and O–H groups in total. The Kier molecular flexibility index (Phi) is 3.00. The summed E-state index contributed by atoms with van der Waals surface area (Å²) in [5, 5.41) is 3.25. The van der Waals surface area contributed by atoms with Crippen molar-refractivity contribution in [1.82, 2.24) is 5.32 Å². The third kappa shape index (κ3) is 2.75. The fraction of sp³-hybridized carbons (Fsp3) is 0.500. The highest BCUT2D eigenvalue weighted by Gasteiger charge is 2.31. The van der Waals surface area contributed by atoms with Gasteiger partial charge in [0.15, 0.2) is 11.6 Å². The van der Waals surface area contributed by atoms with E-state index in [0.29, 0.717) is 6.54 Å². The molecule has 2 unspecified atom stereocenters. The summed E-state index contributed by atoms with van der Waals surface area (Å²) in [6.07, 6.45) is 1.28. The van der Waals surface area contributed by atoms with Gasteiger partial charge in [0.25, 0.3) is 0 Å². The van der Waals surface area contributed by atoms with Crippen LogP contribution in [0.15, 0.2) is 18.2 Å².